The Morgan fingerprint density at radius 2 is 1.96 bits per heavy atom. The molecule has 122 valence electrons. The van der Waals surface area contributed by atoms with Gasteiger partial charge >= 0.3 is 6.03 Å². The summed E-state index contributed by atoms with van der Waals surface area (Å²) in [5, 5.41) is 2.98. The SMILES string of the molecule is O=C(NCCc1cnc[nH]1)N1CCN(Cc2ccccc2)CC1. The van der Waals surface area contributed by atoms with E-state index in [1.807, 2.05) is 11.0 Å². The molecular weight excluding hydrogens is 290 g/mol. The van der Waals surface area contributed by atoms with Crippen molar-refractivity contribution >= 4 is 6.03 Å². The Morgan fingerprint density at radius 1 is 1.17 bits per heavy atom. The lowest BCUT2D eigenvalue weighted by molar-refractivity contribution is 0.135. The van der Waals surface area contributed by atoms with E-state index in [1.165, 1.54) is 5.56 Å². The smallest absolute Gasteiger partial charge is 0.317 e. The Balaban J connectivity index is 1.37. The molecule has 1 saturated heterocycles. The summed E-state index contributed by atoms with van der Waals surface area (Å²) < 4.78 is 0. The van der Waals surface area contributed by atoms with Crippen LogP contribution in [0.2, 0.25) is 0 Å². The third-order valence-corrected chi connectivity index (χ3v) is 4.13. The number of urea groups is 1. The van der Waals surface area contributed by atoms with Gasteiger partial charge in [-0.2, -0.15) is 0 Å². The first-order chi connectivity index (χ1) is 11.3. The zero-order valence-electron chi connectivity index (χ0n) is 13.2. The summed E-state index contributed by atoms with van der Waals surface area (Å²) >= 11 is 0. The van der Waals surface area contributed by atoms with E-state index in [-0.39, 0.29) is 6.03 Å². The van der Waals surface area contributed by atoms with Gasteiger partial charge in [-0.15, -0.1) is 0 Å². The van der Waals surface area contributed by atoms with Crippen molar-refractivity contribution < 1.29 is 4.79 Å². The molecule has 23 heavy (non-hydrogen) atoms. The number of carbonyl (C=O) groups excluding carboxylic acids is 1. The second-order valence-electron chi connectivity index (χ2n) is 5.81. The van der Waals surface area contributed by atoms with Gasteiger partial charge in [0.15, 0.2) is 0 Å². The molecule has 2 aromatic rings. The molecule has 1 aliphatic heterocycles. The van der Waals surface area contributed by atoms with E-state index in [1.54, 1.807) is 12.5 Å². The number of piperazine rings is 1. The van der Waals surface area contributed by atoms with Crippen molar-refractivity contribution in [1.82, 2.24) is 25.1 Å². The van der Waals surface area contributed by atoms with Crippen LogP contribution in [0.15, 0.2) is 42.9 Å². The van der Waals surface area contributed by atoms with Gasteiger partial charge in [0.25, 0.3) is 0 Å². The van der Waals surface area contributed by atoms with Crippen LogP contribution in [-0.2, 0) is 13.0 Å². The molecule has 1 aromatic carbocycles. The highest BCUT2D eigenvalue weighted by atomic mass is 16.2. The van der Waals surface area contributed by atoms with Crippen molar-refractivity contribution in [3.05, 3.63) is 54.1 Å². The fourth-order valence-corrected chi connectivity index (χ4v) is 2.79. The molecule has 0 bridgehead atoms. The lowest BCUT2D eigenvalue weighted by Gasteiger charge is -2.34. The fraction of sp³-hybridized carbons (Fsp3) is 0.412. The summed E-state index contributed by atoms with van der Waals surface area (Å²) in [5.74, 6) is 0. The number of nitrogens with one attached hydrogen (secondary N) is 2. The maximum absolute atomic E-state index is 12.2. The summed E-state index contributed by atoms with van der Waals surface area (Å²) in [6, 6.07) is 10.5. The Kier molecular flexibility index (Phi) is 5.26. The van der Waals surface area contributed by atoms with Crippen molar-refractivity contribution in [3.63, 3.8) is 0 Å². The summed E-state index contributed by atoms with van der Waals surface area (Å²) in [6.45, 7) is 4.98. The molecule has 2 amide bonds. The van der Waals surface area contributed by atoms with Crippen molar-refractivity contribution in [2.24, 2.45) is 0 Å². The van der Waals surface area contributed by atoms with Crippen LogP contribution in [0.25, 0.3) is 0 Å². The van der Waals surface area contributed by atoms with E-state index < -0.39 is 0 Å². The van der Waals surface area contributed by atoms with Gasteiger partial charge in [0.2, 0.25) is 0 Å². The molecule has 1 aliphatic rings. The first-order valence-corrected chi connectivity index (χ1v) is 8.07. The molecule has 1 aromatic heterocycles. The van der Waals surface area contributed by atoms with Crippen molar-refractivity contribution in [1.29, 1.82) is 0 Å². The number of amides is 2. The molecule has 0 unspecified atom stereocenters. The molecule has 0 atom stereocenters. The topological polar surface area (TPSA) is 64.3 Å². The fourth-order valence-electron chi connectivity index (χ4n) is 2.79. The lowest BCUT2D eigenvalue weighted by Crippen LogP contribution is -2.51. The molecule has 6 heteroatoms. The number of carbonyl (C=O) groups is 1. The average Bonchev–Trinajstić information content (AvgIpc) is 3.10. The minimum Gasteiger partial charge on any atom is -0.348 e. The van der Waals surface area contributed by atoms with Gasteiger partial charge in [0, 0.05) is 57.6 Å². The van der Waals surface area contributed by atoms with Gasteiger partial charge in [0.1, 0.15) is 0 Å². The van der Waals surface area contributed by atoms with E-state index >= 15 is 0 Å². The van der Waals surface area contributed by atoms with E-state index in [4.69, 9.17) is 0 Å². The van der Waals surface area contributed by atoms with Crippen molar-refractivity contribution in [2.75, 3.05) is 32.7 Å². The number of benzene rings is 1. The first kappa shape index (κ1) is 15.6. The van der Waals surface area contributed by atoms with Crippen molar-refractivity contribution in [3.8, 4) is 0 Å². The monoisotopic (exact) mass is 313 g/mol. The first-order valence-electron chi connectivity index (χ1n) is 8.07. The van der Waals surface area contributed by atoms with Crippen LogP contribution in [0.4, 0.5) is 4.79 Å². The van der Waals surface area contributed by atoms with Gasteiger partial charge in [-0.3, -0.25) is 4.90 Å². The van der Waals surface area contributed by atoms with Crippen LogP contribution in [-0.4, -0.2) is 58.5 Å². The third kappa shape index (κ3) is 4.56. The number of hydrogen-bond donors (Lipinski definition) is 2. The Hall–Kier alpha value is -2.34. The van der Waals surface area contributed by atoms with Gasteiger partial charge in [0.05, 0.1) is 6.33 Å². The third-order valence-electron chi connectivity index (χ3n) is 4.13. The second kappa shape index (κ2) is 7.78. The van der Waals surface area contributed by atoms with E-state index in [0.717, 1.165) is 44.8 Å². The normalized spacial score (nSPS) is 15.6. The van der Waals surface area contributed by atoms with E-state index in [0.29, 0.717) is 6.54 Å². The molecule has 2 N–H and O–H groups in total. The van der Waals surface area contributed by atoms with Gasteiger partial charge < -0.3 is 15.2 Å². The molecule has 0 spiro atoms. The van der Waals surface area contributed by atoms with Crippen molar-refractivity contribution in [2.45, 2.75) is 13.0 Å². The second-order valence-corrected chi connectivity index (χ2v) is 5.81. The molecule has 0 radical (unpaired) electrons. The largest absolute Gasteiger partial charge is 0.348 e. The summed E-state index contributed by atoms with van der Waals surface area (Å²) in [4.78, 5) is 23.5. The number of imidazole rings is 1. The number of H-pyrrole nitrogens is 1. The predicted molar refractivity (Wildman–Crippen MR) is 89.0 cm³/mol. The zero-order chi connectivity index (χ0) is 15.9. The zero-order valence-corrected chi connectivity index (χ0v) is 13.2. The van der Waals surface area contributed by atoms with Gasteiger partial charge in [-0.1, -0.05) is 30.3 Å². The Labute approximate surface area is 136 Å². The van der Waals surface area contributed by atoms with E-state index in [2.05, 4.69) is 44.5 Å². The predicted octanol–water partition coefficient (Wildman–Crippen LogP) is 1.48. The number of hydrogen-bond acceptors (Lipinski definition) is 3. The molecule has 1 fully saturated rings. The van der Waals surface area contributed by atoms with Crippen LogP contribution in [0, 0.1) is 0 Å². The highest BCUT2D eigenvalue weighted by Gasteiger charge is 2.20. The number of nitrogens with zero attached hydrogens (tertiary/aromatic N) is 3. The highest BCUT2D eigenvalue weighted by Crippen LogP contribution is 2.08. The lowest BCUT2D eigenvalue weighted by atomic mass is 10.2. The summed E-state index contributed by atoms with van der Waals surface area (Å²) in [5.41, 5.74) is 2.36. The molecule has 2 heterocycles. The molecule has 3 rings (SSSR count). The van der Waals surface area contributed by atoms with Gasteiger partial charge in [-0.25, -0.2) is 9.78 Å². The van der Waals surface area contributed by atoms with Crippen LogP contribution in [0.5, 0.6) is 0 Å². The summed E-state index contributed by atoms with van der Waals surface area (Å²) in [6.07, 6.45) is 4.22. The van der Waals surface area contributed by atoms with Gasteiger partial charge in [-0.05, 0) is 5.56 Å². The molecule has 6 nitrogen and oxygen atoms in total. The quantitative estimate of drug-likeness (QED) is 0.879. The maximum atomic E-state index is 12.2. The molecule has 0 saturated carbocycles. The van der Waals surface area contributed by atoms with E-state index in [9.17, 15) is 4.79 Å². The van der Waals surface area contributed by atoms with Crippen LogP contribution < -0.4 is 5.32 Å². The highest BCUT2D eigenvalue weighted by molar-refractivity contribution is 5.74. The maximum Gasteiger partial charge on any atom is 0.317 e. The van der Waals surface area contributed by atoms with Crippen LogP contribution in [0.1, 0.15) is 11.3 Å². The Morgan fingerprint density at radius 3 is 2.65 bits per heavy atom. The molecular formula is C17H23N5O. The Bertz CT molecular complexity index is 591. The standard InChI is InChI=1S/C17H23N5O/c23-17(19-7-6-16-12-18-14-20-16)22-10-8-21(9-11-22)13-15-4-2-1-3-5-15/h1-5,12,14H,6-11,13H2,(H,18,20)(H,19,23). The number of rotatable bonds is 5. The number of aromatic amines is 1. The average molecular weight is 313 g/mol. The minimum absolute atomic E-state index is 0.0314. The minimum atomic E-state index is 0.0314. The summed E-state index contributed by atoms with van der Waals surface area (Å²) in [7, 11) is 0. The van der Waals surface area contributed by atoms with Crippen LogP contribution >= 0.6 is 0 Å². The number of aromatic nitrogens is 2. The van der Waals surface area contributed by atoms with Crippen LogP contribution in [0.3, 0.4) is 0 Å². The molecule has 0 aliphatic carbocycles.